The van der Waals surface area contributed by atoms with E-state index in [1.807, 2.05) is 26.0 Å². The second-order valence-electron chi connectivity index (χ2n) is 6.81. The number of carbonyl (C=O) groups excluding carboxylic acids is 1. The average Bonchev–Trinajstić information content (AvgIpc) is 3.11. The Kier molecular flexibility index (Phi) is 6.14. The molecule has 0 saturated heterocycles. The van der Waals surface area contributed by atoms with Crippen LogP contribution in [0, 0.1) is 0 Å². The summed E-state index contributed by atoms with van der Waals surface area (Å²) >= 11 is 1.39. The summed E-state index contributed by atoms with van der Waals surface area (Å²) in [6.45, 7) is 5.89. The molecule has 0 aliphatic heterocycles. The Hall–Kier alpha value is -2.58. The lowest BCUT2D eigenvalue weighted by molar-refractivity contribution is 0.0947. The second-order valence-corrected chi connectivity index (χ2v) is 9.75. The van der Waals surface area contributed by atoms with Gasteiger partial charge in [0.05, 0.1) is 22.6 Å². The predicted molar refractivity (Wildman–Crippen MR) is 118 cm³/mol. The van der Waals surface area contributed by atoms with E-state index in [1.54, 1.807) is 31.2 Å². The van der Waals surface area contributed by atoms with E-state index >= 15 is 0 Å². The Balaban J connectivity index is 1.97. The van der Waals surface area contributed by atoms with Crippen molar-refractivity contribution in [3.8, 4) is 5.75 Å². The van der Waals surface area contributed by atoms with Crippen LogP contribution in [0.2, 0.25) is 0 Å². The molecule has 0 bridgehead atoms. The largest absolute Gasteiger partial charge is 0.497 e. The number of methoxy groups -OCH3 is 1. The Morgan fingerprint density at radius 1 is 1.14 bits per heavy atom. The van der Waals surface area contributed by atoms with Crippen LogP contribution in [-0.4, -0.2) is 34.0 Å². The third-order valence-electron chi connectivity index (χ3n) is 4.37. The van der Waals surface area contributed by atoms with Crippen molar-refractivity contribution in [2.24, 2.45) is 0 Å². The summed E-state index contributed by atoms with van der Waals surface area (Å²) in [6, 6.07) is 13.6. The number of hydrogen-bond acceptors (Lipinski definition) is 5. The van der Waals surface area contributed by atoms with Crippen molar-refractivity contribution in [1.82, 2.24) is 5.32 Å². The lowest BCUT2D eigenvalue weighted by Gasteiger charge is -2.23. The Bertz CT molecular complexity index is 1120. The van der Waals surface area contributed by atoms with Crippen molar-refractivity contribution >= 4 is 43.0 Å². The highest BCUT2D eigenvalue weighted by molar-refractivity contribution is 7.92. The summed E-state index contributed by atoms with van der Waals surface area (Å²) in [5.74, 6) is 0.472. The van der Waals surface area contributed by atoms with E-state index < -0.39 is 10.0 Å². The van der Waals surface area contributed by atoms with E-state index in [9.17, 15) is 13.2 Å². The van der Waals surface area contributed by atoms with Gasteiger partial charge < -0.3 is 10.1 Å². The first-order valence-electron chi connectivity index (χ1n) is 9.27. The van der Waals surface area contributed by atoms with Crippen LogP contribution in [0.15, 0.2) is 53.4 Å². The maximum Gasteiger partial charge on any atom is 0.264 e. The fraction of sp³-hybridized carbons (Fsp3) is 0.286. The minimum Gasteiger partial charge on any atom is -0.497 e. The van der Waals surface area contributed by atoms with Crippen molar-refractivity contribution in [2.75, 3.05) is 18.0 Å². The van der Waals surface area contributed by atoms with Gasteiger partial charge in [0.2, 0.25) is 0 Å². The SMILES string of the molecule is CCN(c1ccc2sc(C(=O)NC(C)C)cc2c1)S(=O)(=O)c1ccc(OC)cc1. The number of nitrogens with one attached hydrogen (secondary N) is 1. The van der Waals surface area contributed by atoms with Gasteiger partial charge in [-0.05, 0) is 74.7 Å². The molecule has 0 saturated carbocycles. The molecule has 1 heterocycles. The number of anilines is 1. The lowest BCUT2D eigenvalue weighted by atomic mass is 10.2. The number of nitrogens with zero attached hydrogens (tertiary/aromatic N) is 1. The van der Waals surface area contributed by atoms with Crippen molar-refractivity contribution < 1.29 is 17.9 Å². The average molecular weight is 433 g/mol. The van der Waals surface area contributed by atoms with Crippen molar-refractivity contribution in [3.63, 3.8) is 0 Å². The smallest absolute Gasteiger partial charge is 0.264 e. The van der Waals surface area contributed by atoms with E-state index in [2.05, 4.69) is 5.32 Å². The van der Waals surface area contributed by atoms with Crippen LogP contribution in [0.4, 0.5) is 5.69 Å². The zero-order valence-electron chi connectivity index (χ0n) is 16.8. The zero-order chi connectivity index (χ0) is 21.2. The predicted octanol–water partition coefficient (Wildman–Crippen LogP) is 4.26. The van der Waals surface area contributed by atoms with E-state index in [0.29, 0.717) is 16.3 Å². The van der Waals surface area contributed by atoms with Gasteiger partial charge in [0.15, 0.2) is 0 Å². The standard InChI is InChI=1S/C21H24N2O4S2/c1-5-23(29(25,26)18-9-7-17(27-4)8-10-18)16-6-11-19-15(12-16)13-20(28-19)21(24)22-14(2)3/h6-14H,5H2,1-4H3,(H,22,24). The number of rotatable bonds is 7. The van der Waals surface area contributed by atoms with Gasteiger partial charge >= 0.3 is 0 Å². The molecule has 3 rings (SSSR count). The van der Waals surface area contributed by atoms with Gasteiger partial charge in [-0.3, -0.25) is 9.10 Å². The van der Waals surface area contributed by atoms with Crippen molar-refractivity contribution in [1.29, 1.82) is 0 Å². The topological polar surface area (TPSA) is 75.7 Å². The van der Waals surface area contributed by atoms with Gasteiger partial charge in [0.1, 0.15) is 5.75 Å². The summed E-state index contributed by atoms with van der Waals surface area (Å²) in [7, 11) is -2.19. The van der Waals surface area contributed by atoms with Gasteiger partial charge in [-0.25, -0.2) is 8.42 Å². The normalized spacial score (nSPS) is 11.6. The van der Waals surface area contributed by atoms with E-state index in [1.165, 1.54) is 34.9 Å². The number of fused-ring (bicyclic) bond motifs is 1. The van der Waals surface area contributed by atoms with Crippen LogP contribution in [0.25, 0.3) is 10.1 Å². The number of hydrogen-bond donors (Lipinski definition) is 1. The summed E-state index contributed by atoms with van der Waals surface area (Å²) in [5.41, 5.74) is 0.560. The molecule has 1 aromatic heterocycles. The first-order valence-corrected chi connectivity index (χ1v) is 11.5. The van der Waals surface area contributed by atoms with Crippen LogP contribution in [-0.2, 0) is 10.0 Å². The van der Waals surface area contributed by atoms with Gasteiger partial charge in [0.25, 0.3) is 15.9 Å². The van der Waals surface area contributed by atoms with Crippen LogP contribution in [0.3, 0.4) is 0 Å². The monoisotopic (exact) mass is 432 g/mol. The number of thiophene rings is 1. The van der Waals surface area contributed by atoms with Gasteiger partial charge in [-0.2, -0.15) is 0 Å². The maximum absolute atomic E-state index is 13.2. The molecule has 154 valence electrons. The molecule has 0 aliphatic carbocycles. The van der Waals surface area contributed by atoms with Crippen molar-refractivity contribution in [3.05, 3.63) is 53.4 Å². The molecule has 29 heavy (non-hydrogen) atoms. The minimum absolute atomic E-state index is 0.0495. The Labute approximate surface area is 175 Å². The van der Waals surface area contributed by atoms with Crippen LogP contribution < -0.4 is 14.4 Å². The first kappa shape index (κ1) is 21.1. The molecule has 0 unspecified atom stereocenters. The van der Waals surface area contributed by atoms with E-state index in [-0.39, 0.29) is 23.4 Å². The zero-order valence-corrected chi connectivity index (χ0v) is 18.4. The van der Waals surface area contributed by atoms with Crippen LogP contribution in [0.5, 0.6) is 5.75 Å². The van der Waals surface area contributed by atoms with Gasteiger partial charge in [0, 0.05) is 17.3 Å². The number of carbonyl (C=O) groups is 1. The molecule has 0 fully saturated rings. The number of benzene rings is 2. The second kappa shape index (κ2) is 8.42. The molecule has 0 radical (unpaired) electrons. The molecule has 2 aromatic carbocycles. The molecule has 6 nitrogen and oxygen atoms in total. The highest BCUT2D eigenvalue weighted by Crippen LogP contribution is 2.32. The quantitative estimate of drug-likeness (QED) is 0.605. The molecule has 8 heteroatoms. The third-order valence-corrected chi connectivity index (χ3v) is 7.40. The Morgan fingerprint density at radius 3 is 2.41 bits per heavy atom. The Morgan fingerprint density at radius 2 is 1.83 bits per heavy atom. The maximum atomic E-state index is 13.2. The molecule has 3 aromatic rings. The fourth-order valence-corrected chi connectivity index (χ4v) is 5.41. The number of sulfonamides is 1. The summed E-state index contributed by atoms with van der Waals surface area (Å²) in [4.78, 5) is 13.1. The molecule has 1 amide bonds. The van der Waals surface area contributed by atoms with Gasteiger partial charge in [-0.1, -0.05) is 0 Å². The minimum atomic E-state index is -3.72. The van der Waals surface area contributed by atoms with E-state index in [0.717, 1.165) is 10.1 Å². The highest BCUT2D eigenvalue weighted by atomic mass is 32.2. The highest BCUT2D eigenvalue weighted by Gasteiger charge is 2.24. The molecular weight excluding hydrogens is 408 g/mol. The van der Waals surface area contributed by atoms with E-state index in [4.69, 9.17) is 4.74 Å². The van der Waals surface area contributed by atoms with Crippen LogP contribution in [0.1, 0.15) is 30.4 Å². The molecule has 0 aliphatic rings. The molecule has 0 atom stereocenters. The molecule has 0 spiro atoms. The fourth-order valence-electron chi connectivity index (χ4n) is 3.00. The summed E-state index contributed by atoms with van der Waals surface area (Å²) < 4.78 is 33.7. The third kappa shape index (κ3) is 4.38. The van der Waals surface area contributed by atoms with Gasteiger partial charge in [-0.15, -0.1) is 11.3 Å². The number of ether oxygens (including phenoxy) is 1. The lowest BCUT2D eigenvalue weighted by Crippen LogP contribution is -2.30. The summed E-state index contributed by atoms with van der Waals surface area (Å²) in [6.07, 6.45) is 0. The first-order chi connectivity index (χ1) is 13.8. The van der Waals surface area contributed by atoms with Crippen molar-refractivity contribution in [2.45, 2.75) is 31.7 Å². The summed E-state index contributed by atoms with van der Waals surface area (Å²) in [5, 5.41) is 3.72. The molecular formula is C21H24N2O4S2. The molecule has 1 N–H and O–H groups in total. The van der Waals surface area contributed by atoms with Crippen LogP contribution >= 0.6 is 11.3 Å². The number of amides is 1.